The molecule has 123 heavy (non-hydrogen) atoms. The maximum absolute atomic E-state index is 5.67. The van der Waals surface area contributed by atoms with Gasteiger partial charge in [0.1, 0.15) is 41.0 Å². The number of allylic oxidation sites excluding steroid dienone is 3. The van der Waals surface area contributed by atoms with Crippen molar-refractivity contribution in [1.82, 2.24) is 9.47 Å². The molecule has 10 heterocycles. The molecule has 0 N–H and O–H groups in total. The molecule has 3 aromatic heterocycles. The molecule has 0 radical (unpaired) electrons. The van der Waals surface area contributed by atoms with Crippen LogP contribution in [0.1, 0.15) is 35.1 Å². The molecule has 7 aliphatic rings. The zero-order valence-electron chi connectivity index (χ0n) is 68.8. The summed E-state index contributed by atoms with van der Waals surface area (Å²) in [5.41, 5.74) is 22.5. The van der Waals surface area contributed by atoms with E-state index in [0.29, 0.717) is 0 Å². The molecule has 604 valence electrons. The van der Waals surface area contributed by atoms with Crippen LogP contribution in [-0.2, 0) is 0 Å². The average Bonchev–Trinajstić information content (AvgIpc) is 1.68. The van der Waals surface area contributed by atoms with E-state index < -0.39 is 0 Å². The predicted molar refractivity (Wildman–Crippen MR) is 515 cm³/mol. The SMILES string of the molecule is CN1C(=Cc2cc(N3CCC(N=c4cc(/C=C5/Sc6ccccc6N5C)c5ccccc5n4-c4ccccc4)CC3)[n+](-c3ccccc3)c3ccccc23)Sc2ccccc21.CN1C(=Cc2cc(N3CCN(\C=C4/C=C(/C=C5/Sc6ccccc6N5C)c5ccccc5N4c4ccccc4)CC3)[n+](-c3ccccc3)c3ccccc23)Sc2ccccc21.[Cl-]. The number of piperidine rings is 1. The molecule has 2 saturated heterocycles. The first-order chi connectivity index (χ1) is 60.1. The van der Waals surface area contributed by atoms with E-state index in [9.17, 15) is 0 Å². The standard InChI is InChI=1S/2C53H45N6S2.ClH/c1-54-47-25-13-15-27-49(47)60-52(54)35-38-33-42(58(40-17-5-3-6-18-40)45-23-11-9-21-43(38)45)37-56-29-31-57(32-30-56)51-34-39(36-53-55(2)48-26-14-16-28-50(48)61-53)44-22-10-12-24-46(44)59(51)41-19-7-4-8-20-41;1-55-46-25-13-15-27-48(46)60-52(55)35-37-33-50(58(40-17-5-3-6-18-40)44-23-11-9-21-42(37)44)54-39-29-31-57(32-30-39)51-34-38(36-53-56(2)47-26-14-16-28-49(47)61-53)43-22-10-12-24-45(43)59(51)41-19-7-4-8-20-41;/h3-28,33-37H,29-32H2,1-2H3;3-28,33-36,39H,29-32H2,1-2H3;1H/q2*+1;/p-1/b42-37+,52-35+;52-35+,54-50?;. The van der Waals surface area contributed by atoms with Crippen LogP contribution >= 0.6 is 47.0 Å². The third kappa shape index (κ3) is 15.2. The van der Waals surface area contributed by atoms with Crippen LogP contribution in [0.3, 0.4) is 0 Å². The number of fused-ring (bicyclic) bond motifs is 8. The fraction of sp³-hybridized carbons (Fsp3) is 0.123. The Morgan fingerprint density at radius 2 is 0.724 bits per heavy atom. The van der Waals surface area contributed by atoms with Gasteiger partial charge in [0.2, 0.25) is 0 Å². The van der Waals surface area contributed by atoms with Gasteiger partial charge in [0.15, 0.2) is 0 Å². The third-order valence-electron chi connectivity index (χ3n) is 24.2. The normalized spacial score (nSPS) is 17.3. The molecule has 17 heteroatoms. The molecule has 0 spiro atoms. The van der Waals surface area contributed by atoms with Gasteiger partial charge in [-0.3, -0.25) is 19.4 Å². The molecule has 0 bridgehead atoms. The van der Waals surface area contributed by atoms with Gasteiger partial charge in [0.25, 0.3) is 11.6 Å². The first-order valence-electron chi connectivity index (χ1n) is 42.0. The number of rotatable bonds is 12. The van der Waals surface area contributed by atoms with Gasteiger partial charge in [0, 0.05) is 112 Å². The average molecular weight is 1700 g/mol. The monoisotopic (exact) mass is 1690 g/mol. The molecule has 15 aromatic rings. The number of hydrogen-bond acceptors (Lipinski definition) is 13. The van der Waals surface area contributed by atoms with Crippen molar-refractivity contribution < 1.29 is 21.5 Å². The second kappa shape index (κ2) is 34.3. The molecule has 0 atom stereocenters. The summed E-state index contributed by atoms with van der Waals surface area (Å²) in [5.74, 6) is 2.41. The highest BCUT2D eigenvalue weighted by Crippen LogP contribution is 2.51. The summed E-state index contributed by atoms with van der Waals surface area (Å²) in [5, 5.41) is 8.57. The van der Waals surface area contributed by atoms with Crippen LogP contribution in [0.4, 0.5) is 45.8 Å². The summed E-state index contributed by atoms with van der Waals surface area (Å²) in [6, 6.07) is 120. The Balaban J connectivity index is 0.000000155. The number of halogens is 1. The van der Waals surface area contributed by atoms with E-state index in [-0.39, 0.29) is 18.4 Å². The summed E-state index contributed by atoms with van der Waals surface area (Å²) < 4.78 is 7.27. The second-order valence-corrected chi connectivity index (χ2v) is 35.8. The van der Waals surface area contributed by atoms with Crippen molar-refractivity contribution in [3.8, 4) is 17.1 Å². The lowest BCUT2D eigenvalue weighted by Gasteiger charge is -2.36. The Bertz CT molecular complexity index is 6850. The molecule has 7 aliphatic heterocycles. The Morgan fingerprint density at radius 1 is 0.350 bits per heavy atom. The van der Waals surface area contributed by atoms with Crippen molar-refractivity contribution in [1.29, 1.82) is 0 Å². The van der Waals surface area contributed by atoms with Gasteiger partial charge in [-0.05, 0) is 180 Å². The maximum Gasteiger partial charge on any atom is 0.282 e. The zero-order chi connectivity index (χ0) is 81.7. The van der Waals surface area contributed by atoms with Crippen LogP contribution in [0.5, 0.6) is 0 Å². The van der Waals surface area contributed by atoms with E-state index in [4.69, 9.17) is 4.99 Å². The maximum atomic E-state index is 5.67. The largest absolute Gasteiger partial charge is 1.00 e. The van der Waals surface area contributed by atoms with Crippen LogP contribution in [0, 0.1) is 0 Å². The van der Waals surface area contributed by atoms with E-state index in [1.165, 1.54) is 135 Å². The predicted octanol–water partition coefficient (Wildman–Crippen LogP) is 20.7. The highest BCUT2D eigenvalue weighted by atomic mass is 35.5. The van der Waals surface area contributed by atoms with E-state index in [1.807, 2.05) is 47.0 Å². The van der Waals surface area contributed by atoms with Gasteiger partial charge in [-0.1, -0.05) is 241 Å². The smallest absolute Gasteiger partial charge is 0.282 e. The summed E-state index contributed by atoms with van der Waals surface area (Å²) in [6.45, 7) is 5.33. The second-order valence-electron chi connectivity index (χ2n) is 31.6. The molecule has 12 aromatic carbocycles. The Labute approximate surface area is 742 Å². The number of thioether (sulfide) groups is 4. The number of para-hydroxylation sites is 12. The lowest BCUT2D eigenvalue weighted by molar-refractivity contribution is -0.554. The lowest BCUT2D eigenvalue weighted by Crippen LogP contribution is -3.00. The molecule has 0 saturated carbocycles. The van der Waals surface area contributed by atoms with E-state index in [2.05, 4.69) is 451 Å². The van der Waals surface area contributed by atoms with Crippen LogP contribution in [0.2, 0.25) is 0 Å². The van der Waals surface area contributed by atoms with Crippen molar-refractivity contribution in [2.75, 3.05) is 102 Å². The molecule has 12 nitrogen and oxygen atoms in total. The van der Waals surface area contributed by atoms with Crippen LogP contribution < -0.4 is 61.3 Å². The number of hydrogen-bond donors (Lipinski definition) is 0. The molecule has 0 aliphatic carbocycles. The summed E-state index contributed by atoms with van der Waals surface area (Å²) in [6.07, 6.45) is 16.1. The van der Waals surface area contributed by atoms with Crippen molar-refractivity contribution in [2.24, 2.45) is 4.99 Å². The fourth-order valence-corrected chi connectivity index (χ4v) is 22.5. The summed E-state index contributed by atoms with van der Waals surface area (Å²) in [7, 11) is 8.70. The summed E-state index contributed by atoms with van der Waals surface area (Å²) in [4.78, 5) is 30.2. The molecular formula is C106H90ClN12S4+. The van der Waals surface area contributed by atoms with Gasteiger partial charge >= 0.3 is 0 Å². The number of nitrogens with zero attached hydrogens (tertiary/aromatic N) is 12. The number of piperazine rings is 1. The quantitative estimate of drug-likeness (QED) is 0.110. The van der Waals surface area contributed by atoms with Gasteiger partial charge in [-0.25, -0.2) is 0 Å². The Morgan fingerprint density at radius 3 is 1.20 bits per heavy atom. The zero-order valence-corrected chi connectivity index (χ0v) is 72.9. The number of pyridine rings is 3. The minimum absolute atomic E-state index is 0. The molecule has 2 fully saturated rings. The van der Waals surface area contributed by atoms with Crippen LogP contribution in [0.15, 0.2) is 402 Å². The first kappa shape index (κ1) is 78.7. The minimum Gasteiger partial charge on any atom is -1.00 e. The highest BCUT2D eigenvalue weighted by Gasteiger charge is 2.35. The molecule has 0 unspecified atom stereocenters. The van der Waals surface area contributed by atoms with Crippen molar-refractivity contribution in [3.63, 3.8) is 0 Å². The van der Waals surface area contributed by atoms with Gasteiger partial charge < -0.3 is 41.8 Å². The molecule has 22 rings (SSSR count). The Hall–Kier alpha value is -12.8. The molecule has 0 amide bonds. The van der Waals surface area contributed by atoms with Crippen molar-refractivity contribution >= 4 is 149 Å². The summed E-state index contributed by atoms with van der Waals surface area (Å²) >= 11 is 7.36. The Kier molecular flexibility index (Phi) is 21.9. The highest BCUT2D eigenvalue weighted by molar-refractivity contribution is 8.04. The van der Waals surface area contributed by atoms with E-state index in [1.54, 1.807) is 0 Å². The van der Waals surface area contributed by atoms with E-state index in [0.717, 1.165) is 91.6 Å². The number of aromatic nitrogens is 3. The fourth-order valence-electron chi connectivity index (χ4n) is 18.0. The first-order valence-corrected chi connectivity index (χ1v) is 45.2. The topological polar surface area (TPSA) is 51.0 Å². The van der Waals surface area contributed by atoms with Crippen LogP contribution in [-0.4, -0.2) is 83.0 Å². The van der Waals surface area contributed by atoms with Gasteiger partial charge in [-0.2, -0.15) is 9.13 Å². The van der Waals surface area contributed by atoms with Gasteiger partial charge in [0.05, 0.1) is 92.0 Å². The number of anilines is 8. The third-order valence-corrected chi connectivity index (χ3v) is 28.9. The van der Waals surface area contributed by atoms with Crippen molar-refractivity contribution in [2.45, 2.75) is 38.5 Å². The van der Waals surface area contributed by atoms with Gasteiger partial charge in [-0.15, -0.1) is 0 Å². The van der Waals surface area contributed by atoms with Crippen molar-refractivity contribution in [3.05, 3.63) is 406 Å². The minimum atomic E-state index is 0. The van der Waals surface area contributed by atoms with E-state index >= 15 is 0 Å². The lowest BCUT2D eigenvalue weighted by atomic mass is 9.96. The molecular weight excluding hydrogens is 1600 g/mol. The number of benzene rings is 12. The van der Waals surface area contributed by atoms with Crippen LogP contribution in [0.25, 0.3) is 73.6 Å².